The number of nitrogens with one attached hydrogen (secondary N) is 3. The second-order valence-electron chi connectivity index (χ2n) is 50.0. The van der Waals surface area contributed by atoms with Crippen molar-refractivity contribution in [3.8, 4) is 0 Å². The van der Waals surface area contributed by atoms with E-state index in [1.807, 2.05) is 62.3 Å². The van der Waals surface area contributed by atoms with Gasteiger partial charge in [-0.25, -0.2) is 4.39 Å². The molecule has 0 aromatic heterocycles. The molecule has 0 bridgehead atoms. The van der Waals surface area contributed by atoms with E-state index in [4.69, 9.17) is 14.6 Å². The van der Waals surface area contributed by atoms with Crippen LogP contribution in [0.1, 0.15) is 369 Å². The number of carboxylic acids is 3. The molecule has 2 saturated carbocycles. The van der Waals surface area contributed by atoms with Crippen LogP contribution in [0, 0.1) is 87.1 Å². The van der Waals surface area contributed by atoms with E-state index in [9.17, 15) is 43.7 Å². The molecule has 8 heterocycles. The molecule has 0 amide bonds. The number of halogens is 1. The molecule has 10 aliphatic rings. The van der Waals surface area contributed by atoms with Gasteiger partial charge in [0.15, 0.2) is 0 Å². The zero-order valence-electron chi connectivity index (χ0n) is 85.7. The number of aliphatic hydroxyl groups excluding tert-OH is 1. The minimum Gasteiger partial charge on any atom is -0.481 e. The average Bonchev–Trinajstić information content (AvgIpc) is 1.09. The van der Waals surface area contributed by atoms with Gasteiger partial charge in [-0.2, -0.15) is 0 Å². The number of methoxy groups -OCH3 is 2. The van der Waals surface area contributed by atoms with E-state index in [1.54, 1.807) is 6.92 Å². The number of alkyl halides is 1. The molecule has 121 heavy (non-hydrogen) atoms. The van der Waals surface area contributed by atoms with Crippen LogP contribution in [0.5, 0.6) is 0 Å². The van der Waals surface area contributed by atoms with Gasteiger partial charge in [0, 0.05) is 32.2 Å². The molecular weight excluding hydrogens is 1520 g/mol. The zero-order chi connectivity index (χ0) is 93.7. The lowest BCUT2D eigenvalue weighted by atomic mass is 9.59. The summed E-state index contributed by atoms with van der Waals surface area (Å²) in [5.41, 5.74) is -1.02. The SMILES string of the molecule is CC(C)(C)C1(C(=O)O)CCCCC1.CC(C)(C)C1(C(=O)O)CCNCC1.CC(C)(C)CC1CCCN1.CC(C)(C)CC1CNC1.CC(C)(C)CCN1CC(C)(F)C1.CC(C)(C)CCN1CC(O)C1.CC(C)(C)CCN1CCC1.CN1CCC(C(=O)O)(C(C)(C)C)CC1.COC(=O)C1(C(C)(C)C)CCCCC1.COC(=O)C1(C(C)(C)C)CCN(C)CC1. The smallest absolute Gasteiger partial charge is 0.312 e. The maximum Gasteiger partial charge on any atom is 0.312 e. The Hall–Kier alpha value is -3.08. The van der Waals surface area contributed by atoms with Crippen LogP contribution in [0.3, 0.4) is 0 Å². The first-order valence-corrected chi connectivity index (χ1v) is 47.8. The quantitative estimate of drug-likeness (QED) is 0.0849. The van der Waals surface area contributed by atoms with E-state index in [2.05, 4.69) is 200 Å². The number of piperidine rings is 3. The Morgan fingerprint density at radius 1 is 0.380 bits per heavy atom. The minimum absolute atomic E-state index is 0.00954. The number of carbonyl (C=O) groups excluding carboxylic acids is 2. The number of carboxylic acid groups (broad SMARTS) is 3. The maximum absolute atomic E-state index is 13.0. The van der Waals surface area contributed by atoms with E-state index in [1.165, 1.54) is 111 Å². The van der Waals surface area contributed by atoms with Crippen molar-refractivity contribution in [3.05, 3.63) is 0 Å². The first-order valence-electron chi connectivity index (χ1n) is 47.8. The van der Waals surface area contributed by atoms with Crippen molar-refractivity contribution >= 4 is 29.8 Å². The van der Waals surface area contributed by atoms with Crippen molar-refractivity contribution in [2.45, 2.75) is 387 Å². The van der Waals surface area contributed by atoms with Crippen LogP contribution in [0.4, 0.5) is 4.39 Å². The third kappa shape index (κ3) is 40.6. The topological polar surface area (TPSA) is 237 Å². The molecule has 10 fully saturated rings. The van der Waals surface area contributed by atoms with Gasteiger partial charge in [0.1, 0.15) is 5.67 Å². The first kappa shape index (κ1) is 116. The van der Waals surface area contributed by atoms with Crippen molar-refractivity contribution in [2.75, 3.05) is 146 Å². The van der Waals surface area contributed by atoms with Gasteiger partial charge in [0.05, 0.1) is 47.4 Å². The van der Waals surface area contributed by atoms with Crippen LogP contribution in [0.2, 0.25) is 0 Å². The van der Waals surface area contributed by atoms with E-state index in [-0.39, 0.29) is 55.9 Å². The largest absolute Gasteiger partial charge is 0.481 e. The van der Waals surface area contributed by atoms with Gasteiger partial charge in [-0.15, -0.1) is 0 Å². The number of likely N-dealkylation sites (tertiary alicyclic amines) is 5. The zero-order valence-corrected chi connectivity index (χ0v) is 85.7. The van der Waals surface area contributed by atoms with Crippen molar-refractivity contribution in [3.63, 3.8) is 0 Å². The molecule has 7 N–H and O–H groups in total. The molecule has 8 aliphatic heterocycles. The lowest BCUT2D eigenvalue weighted by Crippen LogP contribution is -2.57. The highest BCUT2D eigenvalue weighted by Gasteiger charge is 2.54. The summed E-state index contributed by atoms with van der Waals surface area (Å²) in [5.74, 6) is -0.947. The van der Waals surface area contributed by atoms with Gasteiger partial charge in [-0.1, -0.05) is 246 Å². The van der Waals surface area contributed by atoms with Gasteiger partial charge in [-0.05, 0) is 288 Å². The van der Waals surface area contributed by atoms with Crippen LogP contribution in [0.15, 0.2) is 0 Å². The standard InChI is InChI=1S/C12H23NO2.C12H22O2.C11H21NO2.C11H20O2.C10H20FN.C10H19NO2.C9H19NO.2C9H19N.C8H17N/c1-11(2,3)12(10(14)15-5)6-8-13(4)9-7-12;1-11(2,3)12(10(13)14-4)8-6-5-7-9-12;1-10(2,3)11(9(13)14)5-7-12(4)8-6-11;1-10(2,3)11(9(12)13)7-5-4-6-8-11;1-9(2,3)5-6-12-7-10(4,11)8-12;1-9(2,3)10(8(12)13)4-6-11-7-5-10;1-9(2,3)4-5-10-6-8(11)7-10;1-9(2,3)5-8-10-6-4-7-10;1-9(2,3)7-8-5-4-6-10-8;1-8(2,3)4-7-5-9-6-7/h6-9H2,1-5H3;5-9H2,1-4H3;5-8H2,1-4H3,(H,13,14);4-8H2,1-3H3,(H,12,13);5-8H2,1-4H3;11H,4-7H2,1-3H3,(H,12,13);8,11H,4-7H2,1-3H3;4-8H2,1-3H3;8,10H,4-7H2,1-3H3;7,9H,4-6H2,1-3H3. The highest BCUT2D eigenvalue weighted by atomic mass is 19.1. The van der Waals surface area contributed by atoms with E-state index < -0.39 is 39.8 Å². The molecule has 0 radical (unpaired) electrons. The van der Waals surface area contributed by atoms with Gasteiger partial charge in [0.25, 0.3) is 0 Å². The minimum atomic E-state index is -0.905. The Morgan fingerprint density at radius 3 is 0.934 bits per heavy atom. The van der Waals surface area contributed by atoms with E-state index in [0.29, 0.717) is 40.2 Å². The summed E-state index contributed by atoms with van der Waals surface area (Å²) in [5, 5.41) is 47.0. The third-order valence-corrected chi connectivity index (χ3v) is 28.4. The normalized spacial score (nSPS) is 22.8. The van der Waals surface area contributed by atoms with Crippen LogP contribution in [-0.4, -0.2) is 239 Å². The fourth-order valence-corrected chi connectivity index (χ4v) is 18.8. The van der Waals surface area contributed by atoms with E-state index in [0.717, 1.165) is 174 Å². The van der Waals surface area contributed by atoms with E-state index >= 15 is 0 Å². The number of β-amino-alcohol motifs (C(OH)–C–C–N with tert-alkyl or cyclic N) is 1. The number of esters is 2. The molecule has 716 valence electrons. The monoisotopic (exact) mass is 1720 g/mol. The highest BCUT2D eigenvalue weighted by Crippen LogP contribution is 2.53. The lowest BCUT2D eigenvalue weighted by Gasteiger charge is -2.46. The summed E-state index contributed by atoms with van der Waals surface area (Å²) in [6.07, 6.45) is 26.0. The summed E-state index contributed by atoms with van der Waals surface area (Å²) < 4.78 is 23.0. The van der Waals surface area contributed by atoms with Crippen LogP contribution >= 0.6 is 0 Å². The molecule has 10 rings (SSSR count). The Morgan fingerprint density at radius 2 is 0.694 bits per heavy atom. The molecular formula is C101H199FN8O11. The summed E-state index contributed by atoms with van der Waals surface area (Å²) in [6, 6.07) is 0.806. The lowest BCUT2D eigenvalue weighted by molar-refractivity contribution is -0.165. The number of hydrogen-bond donors (Lipinski definition) is 7. The molecule has 1 atom stereocenters. The molecule has 0 aromatic carbocycles. The fraction of sp³-hybridized carbons (Fsp3) is 0.950. The average molecular weight is 1720 g/mol. The molecule has 1 unspecified atom stereocenters. The maximum atomic E-state index is 13.0. The summed E-state index contributed by atoms with van der Waals surface area (Å²) in [7, 11) is 7.15. The Balaban J connectivity index is 0.000000674. The molecule has 0 spiro atoms. The molecule has 2 aliphatic carbocycles. The van der Waals surface area contributed by atoms with Gasteiger partial charge in [0.2, 0.25) is 0 Å². The second-order valence-corrected chi connectivity index (χ2v) is 50.0. The van der Waals surface area contributed by atoms with Crippen LogP contribution in [0.25, 0.3) is 0 Å². The number of nitrogens with zero attached hydrogens (tertiary/aromatic N) is 5. The molecule has 8 saturated heterocycles. The Bertz CT molecular complexity index is 2870. The van der Waals surface area contributed by atoms with Crippen molar-refractivity contribution in [1.29, 1.82) is 0 Å². The van der Waals surface area contributed by atoms with Crippen LogP contribution < -0.4 is 16.0 Å². The summed E-state index contributed by atoms with van der Waals surface area (Å²) >= 11 is 0. The van der Waals surface area contributed by atoms with Gasteiger partial charge >= 0.3 is 29.8 Å². The predicted molar refractivity (Wildman–Crippen MR) is 505 cm³/mol. The third-order valence-electron chi connectivity index (χ3n) is 28.4. The Kier molecular flexibility index (Phi) is 47.0. The van der Waals surface area contributed by atoms with Crippen molar-refractivity contribution in [2.24, 2.45) is 87.1 Å². The van der Waals surface area contributed by atoms with Gasteiger partial charge < -0.3 is 60.5 Å². The highest BCUT2D eigenvalue weighted by molar-refractivity contribution is 5.79. The van der Waals surface area contributed by atoms with Crippen molar-refractivity contribution < 1.29 is 58.3 Å². The molecule has 0 aromatic rings. The molecule has 20 heteroatoms. The second kappa shape index (κ2) is 49.1. The first-order chi connectivity index (χ1) is 54.9. The number of aliphatic hydroxyl groups is 1. The van der Waals surface area contributed by atoms with Gasteiger partial charge in [-0.3, -0.25) is 33.8 Å². The number of aliphatic carboxylic acids is 3. The fourth-order valence-electron chi connectivity index (χ4n) is 18.8. The van der Waals surface area contributed by atoms with Crippen LogP contribution in [-0.2, 0) is 33.4 Å². The molecule has 19 nitrogen and oxygen atoms in total. The number of rotatable bonds is 13. The number of ether oxygens (including phenoxy) is 2. The van der Waals surface area contributed by atoms with Crippen molar-refractivity contribution in [1.82, 2.24) is 40.4 Å². The number of carbonyl (C=O) groups is 5. The predicted octanol–water partition coefficient (Wildman–Crippen LogP) is 21.0. The Labute approximate surface area is 744 Å². The summed E-state index contributed by atoms with van der Waals surface area (Å²) in [4.78, 5) is 69.4. The summed E-state index contributed by atoms with van der Waals surface area (Å²) in [6.45, 7) is 85.4. The number of hydrogen-bond acceptors (Lipinski definition) is 16.